The molecule has 1 heterocycles. The Hall–Kier alpha value is -0.530. The van der Waals surface area contributed by atoms with E-state index in [0.717, 1.165) is 25.9 Å². The summed E-state index contributed by atoms with van der Waals surface area (Å²) >= 11 is 0. The third kappa shape index (κ3) is 3.84. The molecule has 2 heteroatoms. The molecule has 0 aliphatic carbocycles. The van der Waals surface area contributed by atoms with Crippen LogP contribution in [0, 0.1) is 5.92 Å². The summed E-state index contributed by atoms with van der Waals surface area (Å²) in [6.07, 6.45) is 8.20. The van der Waals surface area contributed by atoms with Crippen LogP contribution in [0.25, 0.3) is 0 Å². The molecule has 0 unspecified atom stereocenters. The van der Waals surface area contributed by atoms with Crippen LogP contribution in [0.3, 0.4) is 0 Å². The number of hydrogen-bond donors (Lipinski definition) is 0. The molecular formula is C13H25NO. The fourth-order valence-corrected chi connectivity index (χ4v) is 2.33. The minimum absolute atomic E-state index is 0.294. The van der Waals surface area contributed by atoms with Crippen molar-refractivity contribution >= 4 is 5.91 Å². The quantitative estimate of drug-likeness (QED) is 0.683. The maximum atomic E-state index is 12.2. The van der Waals surface area contributed by atoms with Gasteiger partial charge in [0.25, 0.3) is 0 Å². The van der Waals surface area contributed by atoms with Crippen molar-refractivity contribution in [2.24, 2.45) is 5.92 Å². The Morgan fingerprint density at radius 2 is 1.87 bits per heavy atom. The van der Waals surface area contributed by atoms with Gasteiger partial charge in [-0.1, -0.05) is 26.7 Å². The molecule has 1 fully saturated rings. The fraction of sp³-hybridized carbons (Fsp3) is 0.923. The third-order valence-corrected chi connectivity index (χ3v) is 3.42. The van der Waals surface area contributed by atoms with Gasteiger partial charge in [0.15, 0.2) is 0 Å². The van der Waals surface area contributed by atoms with Crippen molar-refractivity contribution in [3.05, 3.63) is 0 Å². The molecule has 1 amide bonds. The summed E-state index contributed by atoms with van der Waals surface area (Å²) in [6.45, 7) is 6.34. The highest BCUT2D eigenvalue weighted by atomic mass is 16.2. The maximum Gasteiger partial charge on any atom is 0.225 e. The van der Waals surface area contributed by atoms with Gasteiger partial charge in [-0.25, -0.2) is 0 Å². The van der Waals surface area contributed by atoms with Gasteiger partial charge in [-0.2, -0.15) is 0 Å². The first kappa shape index (κ1) is 12.5. The fourth-order valence-electron chi connectivity index (χ4n) is 2.33. The average molecular weight is 211 g/mol. The molecule has 0 radical (unpaired) electrons. The first-order chi connectivity index (χ1) is 7.29. The summed E-state index contributed by atoms with van der Waals surface area (Å²) < 4.78 is 0. The van der Waals surface area contributed by atoms with Gasteiger partial charge in [0.05, 0.1) is 0 Å². The van der Waals surface area contributed by atoms with Crippen molar-refractivity contribution in [1.82, 2.24) is 4.90 Å². The molecule has 1 atom stereocenters. The van der Waals surface area contributed by atoms with E-state index in [-0.39, 0.29) is 0 Å². The molecule has 0 aromatic heterocycles. The highest BCUT2D eigenvalue weighted by Crippen LogP contribution is 2.18. The van der Waals surface area contributed by atoms with Gasteiger partial charge in [0.2, 0.25) is 5.91 Å². The molecule has 2 nitrogen and oxygen atoms in total. The van der Waals surface area contributed by atoms with Crippen molar-refractivity contribution in [1.29, 1.82) is 0 Å². The molecule has 1 aliphatic heterocycles. The van der Waals surface area contributed by atoms with Crippen molar-refractivity contribution in [3.8, 4) is 0 Å². The van der Waals surface area contributed by atoms with Gasteiger partial charge in [-0.3, -0.25) is 4.79 Å². The van der Waals surface area contributed by atoms with E-state index in [0.29, 0.717) is 11.8 Å². The van der Waals surface area contributed by atoms with Crippen LogP contribution in [0.2, 0.25) is 0 Å². The minimum Gasteiger partial charge on any atom is -0.342 e. The number of unbranched alkanes of at least 4 members (excludes halogenated alkanes) is 1. The van der Waals surface area contributed by atoms with Gasteiger partial charge >= 0.3 is 0 Å². The van der Waals surface area contributed by atoms with Crippen LogP contribution >= 0.6 is 0 Å². The van der Waals surface area contributed by atoms with Crippen LogP contribution < -0.4 is 0 Å². The van der Waals surface area contributed by atoms with Crippen LogP contribution in [0.1, 0.15) is 58.8 Å². The second-order valence-electron chi connectivity index (χ2n) is 4.63. The summed E-state index contributed by atoms with van der Waals surface area (Å²) in [5, 5.41) is 0. The number of nitrogens with zero attached hydrogens (tertiary/aromatic N) is 1. The Morgan fingerprint density at radius 3 is 2.40 bits per heavy atom. The van der Waals surface area contributed by atoms with Crippen LogP contribution in [0.5, 0.6) is 0 Å². The molecule has 0 aromatic carbocycles. The topological polar surface area (TPSA) is 20.3 Å². The third-order valence-electron chi connectivity index (χ3n) is 3.42. The standard InChI is InChI=1S/C13H25NO/c1-3-5-9-12(4-2)13(15)14-10-7-6-8-11-14/h12H,3-11H2,1-2H3/t12-/m0/s1. The van der Waals surface area contributed by atoms with Gasteiger partial charge in [-0.05, 0) is 32.1 Å². The molecule has 0 N–H and O–H groups in total. The Labute approximate surface area is 94.0 Å². The lowest BCUT2D eigenvalue weighted by molar-refractivity contribution is -0.136. The normalized spacial score (nSPS) is 18.9. The first-order valence-corrected chi connectivity index (χ1v) is 6.58. The lowest BCUT2D eigenvalue weighted by Crippen LogP contribution is -2.39. The highest BCUT2D eigenvalue weighted by molar-refractivity contribution is 5.78. The van der Waals surface area contributed by atoms with E-state index in [4.69, 9.17) is 0 Å². The monoisotopic (exact) mass is 211 g/mol. The van der Waals surface area contributed by atoms with Crippen LogP contribution in [-0.2, 0) is 4.79 Å². The van der Waals surface area contributed by atoms with E-state index in [9.17, 15) is 4.79 Å². The smallest absolute Gasteiger partial charge is 0.225 e. The molecule has 0 saturated carbocycles. The zero-order valence-corrected chi connectivity index (χ0v) is 10.3. The molecule has 88 valence electrons. The predicted octanol–water partition coefficient (Wildman–Crippen LogP) is 3.22. The van der Waals surface area contributed by atoms with Crippen LogP contribution in [0.15, 0.2) is 0 Å². The second kappa shape index (κ2) is 6.86. The predicted molar refractivity (Wildman–Crippen MR) is 63.7 cm³/mol. The van der Waals surface area contributed by atoms with Crippen molar-refractivity contribution < 1.29 is 4.79 Å². The molecule has 1 aliphatic rings. The van der Waals surface area contributed by atoms with Gasteiger partial charge in [0.1, 0.15) is 0 Å². The summed E-state index contributed by atoms with van der Waals surface area (Å²) in [6, 6.07) is 0. The zero-order chi connectivity index (χ0) is 11.1. The maximum absolute atomic E-state index is 12.2. The Morgan fingerprint density at radius 1 is 1.20 bits per heavy atom. The van der Waals surface area contributed by atoms with Gasteiger partial charge in [0, 0.05) is 19.0 Å². The Kier molecular flexibility index (Phi) is 5.74. The molecule has 0 aromatic rings. The average Bonchev–Trinajstić information content (AvgIpc) is 2.31. The first-order valence-electron chi connectivity index (χ1n) is 6.58. The minimum atomic E-state index is 0.294. The number of likely N-dealkylation sites (tertiary alicyclic amines) is 1. The van der Waals surface area contributed by atoms with Crippen LogP contribution in [0.4, 0.5) is 0 Å². The van der Waals surface area contributed by atoms with E-state index < -0.39 is 0 Å². The number of carbonyl (C=O) groups is 1. The molecule has 1 rings (SSSR count). The number of piperidine rings is 1. The molecule has 0 spiro atoms. The summed E-state index contributed by atoms with van der Waals surface area (Å²) in [5.74, 6) is 0.716. The van der Waals surface area contributed by atoms with Crippen molar-refractivity contribution in [2.75, 3.05) is 13.1 Å². The van der Waals surface area contributed by atoms with E-state index in [1.165, 1.54) is 32.1 Å². The summed E-state index contributed by atoms with van der Waals surface area (Å²) in [4.78, 5) is 14.3. The summed E-state index contributed by atoms with van der Waals surface area (Å²) in [5.41, 5.74) is 0. The van der Waals surface area contributed by atoms with E-state index in [1.807, 2.05) is 0 Å². The lowest BCUT2D eigenvalue weighted by atomic mass is 9.96. The second-order valence-corrected chi connectivity index (χ2v) is 4.63. The Balaban J connectivity index is 2.40. The number of amides is 1. The zero-order valence-electron chi connectivity index (χ0n) is 10.3. The van der Waals surface area contributed by atoms with Gasteiger partial charge < -0.3 is 4.90 Å². The lowest BCUT2D eigenvalue weighted by Gasteiger charge is -2.30. The van der Waals surface area contributed by atoms with Crippen LogP contribution in [-0.4, -0.2) is 23.9 Å². The summed E-state index contributed by atoms with van der Waals surface area (Å²) in [7, 11) is 0. The number of rotatable bonds is 5. The molecule has 0 bridgehead atoms. The van der Waals surface area contributed by atoms with Gasteiger partial charge in [-0.15, -0.1) is 0 Å². The van der Waals surface area contributed by atoms with E-state index in [1.54, 1.807) is 0 Å². The van der Waals surface area contributed by atoms with Crippen molar-refractivity contribution in [3.63, 3.8) is 0 Å². The molecule has 15 heavy (non-hydrogen) atoms. The highest BCUT2D eigenvalue weighted by Gasteiger charge is 2.23. The number of carbonyl (C=O) groups excluding carboxylic acids is 1. The Bertz CT molecular complexity index is 185. The SMILES string of the molecule is CCCC[C@H](CC)C(=O)N1CCCCC1. The van der Waals surface area contributed by atoms with E-state index in [2.05, 4.69) is 18.7 Å². The van der Waals surface area contributed by atoms with E-state index >= 15 is 0 Å². The number of hydrogen-bond acceptors (Lipinski definition) is 1. The largest absolute Gasteiger partial charge is 0.342 e. The molecule has 1 saturated heterocycles. The van der Waals surface area contributed by atoms with Crippen molar-refractivity contribution in [2.45, 2.75) is 58.8 Å². The molecular weight excluding hydrogens is 186 g/mol.